The van der Waals surface area contributed by atoms with Crippen LogP contribution in [0.15, 0.2) is 23.6 Å². The molecule has 0 atom stereocenters. The van der Waals surface area contributed by atoms with Gasteiger partial charge in [-0.15, -0.1) is 11.3 Å². The van der Waals surface area contributed by atoms with Gasteiger partial charge in [0.2, 0.25) is 5.91 Å². The quantitative estimate of drug-likeness (QED) is 0.851. The lowest BCUT2D eigenvalue weighted by Gasteiger charge is -2.09. The Kier molecular flexibility index (Phi) is 5.77. The van der Waals surface area contributed by atoms with Gasteiger partial charge in [0.25, 0.3) is 0 Å². The summed E-state index contributed by atoms with van der Waals surface area (Å²) in [4.78, 5) is 16.3. The maximum absolute atomic E-state index is 12.0. The first-order chi connectivity index (χ1) is 10.6. The van der Waals surface area contributed by atoms with Crippen LogP contribution in [0.4, 0.5) is 0 Å². The van der Waals surface area contributed by atoms with Crippen LogP contribution in [0.3, 0.4) is 0 Å². The lowest BCUT2D eigenvalue weighted by Crippen LogP contribution is -2.27. The number of benzene rings is 1. The van der Waals surface area contributed by atoms with E-state index in [0.717, 1.165) is 22.7 Å². The highest BCUT2D eigenvalue weighted by Crippen LogP contribution is 2.27. The summed E-state index contributed by atoms with van der Waals surface area (Å²) in [6, 6.07) is 5.49. The number of amides is 1. The molecule has 2 rings (SSSR count). The minimum atomic E-state index is -0.0134. The average molecular weight is 320 g/mol. The van der Waals surface area contributed by atoms with Crippen molar-refractivity contribution in [1.82, 2.24) is 10.3 Å². The molecule has 0 radical (unpaired) electrons. The third-order valence-electron chi connectivity index (χ3n) is 3.14. The van der Waals surface area contributed by atoms with Gasteiger partial charge in [-0.1, -0.05) is 6.07 Å². The number of thiazole rings is 1. The number of ether oxygens (including phenoxy) is 2. The fourth-order valence-electron chi connectivity index (χ4n) is 2.06. The molecule has 0 bridgehead atoms. The molecule has 0 saturated carbocycles. The molecule has 1 aromatic carbocycles. The molecule has 0 spiro atoms. The van der Waals surface area contributed by atoms with Gasteiger partial charge in [-0.25, -0.2) is 4.98 Å². The van der Waals surface area contributed by atoms with Crippen LogP contribution in [0.25, 0.3) is 0 Å². The van der Waals surface area contributed by atoms with Crippen molar-refractivity contribution in [2.24, 2.45) is 0 Å². The molecule has 5 nitrogen and oxygen atoms in total. The Bertz CT molecular complexity index is 640. The van der Waals surface area contributed by atoms with Gasteiger partial charge in [-0.2, -0.15) is 0 Å². The molecule has 1 aromatic heterocycles. The van der Waals surface area contributed by atoms with Crippen LogP contribution in [0.2, 0.25) is 0 Å². The Labute approximate surface area is 134 Å². The number of nitrogens with zero attached hydrogens (tertiary/aromatic N) is 1. The highest BCUT2D eigenvalue weighted by Gasteiger charge is 2.08. The van der Waals surface area contributed by atoms with Crippen molar-refractivity contribution in [2.75, 3.05) is 20.8 Å². The van der Waals surface area contributed by atoms with E-state index in [2.05, 4.69) is 10.3 Å². The van der Waals surface area contributed by atoms with Crippen molar-refractivity contribution in [1.29, 1.82) is 0 Å². The number of carbonyl (C=O) groups excluding carboxylic acids is 1. The number of nitrogens with one attached hydrogen (secondary N) is 1. The Morgan fingerprint density at radius 1 is 1.27 bits per heavy atom. The van der Waals surface area contributed by atoms with Crippen LogP contribution in [0, 0.1) is 6.92 Å². The Morgan fingerprint density at radius 2 is 2.05 bits per heavy atom. The van der Waals surface area contributed by atoms with E-state index >= 15 is 0 Å². The van der Waals surface area contributed by atoms with Crippen LogP contribution in [0.5, 0.6) is 11.5 Å². The molecule has 1 heterocycles. The predicted octanol–water partition coefficient (Wildman–Crippen LogP) is 2.37. The SMILES string of the molecule is COc1ccc(CC(=O)NCCc2nc(C)cs2)cc1OC. The second kappa shape index (κ2) is 7.79. The van der Waals surface area contributed by atoms with Gasteiger partial charge >= 0.3 is 0 Å². The molecular formula is C16H20N2O3S. The molecule has 22 heavy (non-hydrogen) atoms. The minimum absolute atomic E-state index is 0.0134. The molecule has 1 amide bonds. The smallest absolute Gasteiger partial charge is 0.224 e. The summed E-state index contributed by atoms with van der Waals surface area (Å²) in [7, 11) is 3.17. The van der Waals surface area contributed by atoms with Crippen molar-refractivity contribution >= 4 is 17.2 Å². The normalized spacial score (nSPS) is 10.3. The molecule has 0 aliphatic rings. The molecule has 1 N–H and O–H groups in total. The number of hydrogen-bond donors (Lipinski definition) is 1. The highest BCUT2D eigenvalue weighted by molar-refractivity contribution is 7.09. The number of rotatable bonds is 7. The summed E-state index contributed by atoms with van der Waals surface area (Å²) in [5, 5.41) is 5.97. The molecule has 0 fully saturated rings. The van der Waals surface area contributed by atoms with E-state index in [1.54, 1.807) is 31.6 Å². The summed E-state index contributed by atoms with van der Waals surface area (Å²) in [5.41, 5.74) is 1.91. The molecule has 2 aromatic rings. The van der Waals surface area contributed by atoms with Gasteiger partial charge in [0.15, 0.2) is 11.5 Å². The number of aromatic nitrogens is 1. The summed E-state index contributed by atoms with van der Waals surface area (Å²) in [5.74, 6) is 1.28. The molecule has 6 heteroatoms. The topological polar surface area (TPSA) is 60.5 Å². The van der Waals surface area contributed by atoms with Crippen molar-refractivity contribution in [3.63, 3.8) is 0 Å². The lowest BCUT2D eigenvalue weighted by atomic mass is 10.1. The number of aryl methyl sites for hydroxylation is 1. The average Bonchev–Trinajstić information content (AvgIpc) is 2.92. The maximum atomic E-state index is 12.0. The van der Waals surface area contributed by atoms with Crippen LogP contribution in [0.1, 0.15) is 16.3 Å². The minimum Gasteiger partial charge on any atom is -0.493 e. The van der Waals surface area contributed by atoms with Gasteiger partial charge in [-0.05, 0) is 24.6 Å². The van der Waals surface area contributed by atoms with E-state index in [-0.39, 0.29) is 5.91 Å². The van der Waals surface area contributed by atoms with Gasteiger partial charge in [0.05, 0.1) is 25.6 Å². The summed E-state index contributed by atoms with van der Waals surface area (Å²) >= 11 is 1.62. The van der Waals surface area contributed by atoms with Crippen LogP contribution in [-0.4, -0.2) is 31.7 Å². The third-order valence-corrected chi connectivity index (χ3v) is 4.17. The lowest BCUT2D eigenvalue weighted by molar-refractivity contribution is -0.120. The van der Waals surface area contributed by atoms with Gasteiger partial charge in [0, 0.05) is 24.0 Å². The molecule has 118 valence electrons. The maximum Gasteiger partial charge on any atom is 0.224 e. The zero-order valence-electron chi connectivity index (χ0n) is 13.0. The highest BCUT2D eigenvalue weighted by atomic mass is 32.1. The molecular weight excluding hydrogens is 300 g/mol. The first-order valence-electron chi connectivity index (χ1n) is 7.01. The van der Waals surface area contributed by atoms with Gasteiger partial charge in [0.1, 0.15) is 0 Å². The first-order valence-corrected chi connectivity index (χ1v) is 7.89. The summed E-state index contributed by atoms with van der Waals surface area (Å²) in [6.07, 6.45) is 1.08. The van der Waals surface area contributed by atoms with Crippen LogP contribution in [-0.2, 0) is 17.6 Å². The Morgan fingerprint density at radius 3 is 2.68 bits per heavy atom. The second-order valence-electron chi connectivity index (χ2n) is 4.85. The molecule has 0 saturated heterocycles. The van der Waals surface area contributed by atoms with Crippen molar-refractivity contribution < 1.29 is 14.3 Å². The molecule has 0 aliphatic heterocycles. The van der Waals surface area contributed by atoms with E-state index in [0.29, 0.717) is 24.5 Å². The first kappa shape index (κ1) is 16.3. The second-order valence-corrected chi connectivity index (χ2v) is 5.79. The van der Waals surface area contributed by atoms with Gasteiger partial charge < -0.3 is 14.8 Å². The summed E-state index contributed by atoms with van der Waals surface area (Å²) in [6.45, 7) is 2.56. The third kappa shape index (κ3) is 4.46. The van der Waals surface area contributed by atoms with Crippen LogP contribution >= 0.6 is 11.3 Å². The fraction of sp³-hybridized carbons (Fsp3) is 0.375. The largest absolute Gasteiger partial charge is 0.493 e. The zero-order chi connectivity index (χ0) is 15.9. The number of carbonyl (C=O) groups is 1. The van der Waals surface area contributed by atoms with Crippen molar-refractivity contribution in [3.8, 4) is 11.5 Å². The predicted molar refractivity (Wildman–Crippen MR) is 86.8 cm³/mol. The van der Waals surface area contributed by atoms with Gasteiger partial charge in [-0.3, -0.25) is 4.79 Å². The van der Waals surface area contributed by atoms with E-state index in [9.17, 15) is 4.79 Å². The van der Waals surface area contributed by atoms with Crippen molar-refractivity contribution in [2.45, 2.75) is 19.8 Å². The fourth-order valence-corrected chi connectivity index (χ4v) is 2.84. The molecule has 0 unspecified atom stereocenters. The number of methoxy groups -OCH3 is 2. The number of hydrogen-bond acceptors (Lipinski definition) is 5. The van der Waals surface area contributed by atoms with E-state index in [4.69, 9.17) is 9.47 Å². The van der Waals surface area contributed by atoms with Crippen LogP contribution < -0.4 is 14.8 Å². The molecule has 0 aliphatic carbocycles. The summed E-state index contributed by atoms with van der Waals surface area (Å²) < 4.78 is 10.4. The van der Waals surface area contributed by atoms with E-state index < -0.39 is 0 Å². The van der Waals surface area contributed by atoms with E-state index in [1.165, 1.54) is 0 Å². The van der Waals surface area contributed by atoms with E-state index in [1.807, 2.05) is 24.4 Å². The zero-order valence-corrected chi connectivity index (χ0v) is 13.8. The van der Waals surface area contributed by atoms with Crippen molar-refractivity contribution in [3.05, 3.63) is 39.8 Å². The Balaban J connectivity index is 1.84. The monoisotopic (exact) mass is 320 g/mol. The Hall–Kier alpha value is -2.08. The standard InChI is InChI=1S/C16H20N2O3S/c1-11-10-22-16(18-11)6-7-17-15(19)9-12-4-5-13(20-2)14(8-12)21-3/h4-5,8,10H,6-7,9H2,1-3H3,(H,17,19).